The number of aliphatic imine (C=N–C) groups is 1. The van der Waals surface area contributed by atoms with E-state index in [0.29, 0.717) is 29.1 Å². The Balaban J connectivity index is 2.17. The lowest BCUT2D eigenvalue weighted by molar-refractivity contribution is -0.114. The zero-order chi connectivity index (χ0) is 18.7. The van der Waals surface area contributed by atoms with E-state index >= 15 is 0 Å². The number of allylic oxidation sites excluding steroid dienone is 1. The highest BCUT2D eigenvalue weighted by atomic mass is 35.5. The molecule has 1 aliphatic heterocycles. The second-order valence-corrected chi connectivity index (χ2v) is 6.49. The molecule has 3 rings (SSSR count). The van der Waals surface area contributed by atoms with Gasteiger partial charge in [-0.15, -0.1) is 0 Å². The summed E-state index contributed by atoms with van der Waals surface area (Å²) in [7, 11) is 0. The molecule has 0 saturated carbocycles. The van der Waals surface area contributed by atoms with E-state index < -0.39 is 11.9 Å². The lowest BCUT2D eigenvalue weighted by Crippen LogP contribution is -2.33. The Bertz CT molecular complexity index is 893. The first-order valence-corrected chi connectivity index (χ1v) is 8.84. The summed E-state index contributed by atoms with van der Waals surface area (Å²) in [5, 5.41) is 3.51. The number of hydrogen-bond acceptors (Lipinski definition) is 4. The third kappa shape index (κ3) is 3.68. The Morgan fingerprint density at radius 3 is 2.73 bits per heavy atom. The third-order valence-corrected chi connectivity index (χ3v) is 4.50. The van der Waals surface area contributed by atoms with Gasteiger partial charge in [0.25, 0.3) is 0 Å². The highest BCUT2D eigenvalue weighted by molar-refractivity contribution is 6.31. The Morgan fingerprint density at radius 1 is 1.31 bits per heavy atom. The molecule has 1 unspecified atom stereocenters. The average molecular weight is 372 g/mol. The monoisotopic (exact) mass is 371 g/mol. The molecule has 1 aromatic carbocycles. The summed E-state index contributed by atoms with van der Waals surface area (Å²) in [6, 6.07) is 9.10. The molecule has 4 nitrogen and oxygen atoms in total. The fourth-order valence-electron chi connectivity index (χ4n) is 3.03. The van der Waals surface area contributed by atoms with Crippen LogP contribution in [0.2, 0.25) is 5.02 Å². The molecule has 2 aromatic rings. The highest BCUT2D eigenvalue weighted by Gasteiger charge is 2.30. The zero-order valence-electron chi connectivity index (χ0n) is 14.6. The molecule has 0 saturated heterocycles. The molecule has 0 bridgehead atoms. The summed E-state index contributed by atoms with van der Waals surface area (Å²) in [6.07, 6.45) is 3.23. The number of Topliss-reactive ketones (excluding diaryl/α,β-unsaturated/α-hetero) is 1. The van der Waals surface area contributed by atoms with Crippen LogP contribution in [0.5, 0.6) is 0 Å². The number of halogens is 2. The first-order valence-electron chi connectivity index (χ1n) is 8.46. The largest absolute Gasteiger partial charge is 0.342 e. The van der Waals surface area contributed by atoms with Gasteiger partial charge in [0.15, 0.2) is 11.6 Å². The van der Waals surface area contributed by atoms with E-state index in [1.807, 2.05) is 25.1 Å². The standard InChI is InChI=1S/C20H19ClFN3O/c1-3-6-16-18(12(2)26)19(14-9-8-13(22)11-15(14)21)25-20(24-16)17-7-4-5-10-23-17/h4-5,7-11,19H,3,6H2,1-2H3,(H,24,25). The smallest absolute Gasteiger partial charge is 0.160 e. The molecule has 0 fully saturated rings. The SMILES string of the molecule is CCCC1=C(C(C)=O)C(c2ccc(F)cc2Cl)N=C(c2ccccn2)N1. The van der Waals surface area contributed by atoms with E-state index in [-0.39, 0.29) is 10.8 Å². The number of nitrogens with zero attached hydrogens (tertiary/aromatic N) is 2. The first kappa shape index (κ1) is 18.3. The Labute approximate surface area is 156 Å². The van der Waals surface area contributed by atoms with Gasteiger partial charge in [-0.2, -0.15) is 0 Å². The maximum Gasteiger partial charge on any atom is 0.160 e. The molecule has 26 heavy (non-hydrogen) atoms. The van der Waals surface area contributed by atoms with Crippen molar-refractivity contribution in [1.29, 1.82) is 0 Å². The van der Waals surface area contributed by atoms with Crippen molar-refractivity contribution in [3.63, 3.8) is 0 Å². The zero-order valence-corrected chi connectivity index (χ0v) is 15.3. The van der Waals surface area contributed by atoms with Gasteiger partial charge in [-0.3, -0.25) is 14.8 Å². The van der Waals surface area contributed by atoms with Gasteiger partial charge in [-0.25, -0.2) is 4.39 Å². The predicted octanol–water partition coefficient (Wildman–Crippen LogP) is 4.61. The van der Waals surface area contributed by atoms with Crippen LogP contribution in [0.3, 0.4) is 0 Å². The molecule has 0 spiro atoms. The highest BCUT2D eigenvalue weighted by Crippen LogP contribution is 2.36. The van der Waals surface area contributed by atoms with Crippen LogP contribution in [-0.2, 0) is 4.79 Å². The first-order chi connectivity index (χ1) is 12.5. The lowest BCUT2D eigenvalue weighted by Gasteiger charge is -2.28. The van der Waals surface area contributed by atoms with Crippen molar-refractivity contribution in [3.8, 4) is 0 Å². The summed E-state index contributed by atoms with van der Waals surface area (Å²) in [5.41, 5.74) is 2.63. The third-order valence-electron chi connectivity index (χ3n) is 4.17. The molecule has 2 heterocycles. The number of amidine groups is 1. The second-order valence-electron chi connectivity index (χ2n) is 6.08. The molecule has 1 atom stereocenters. The maximum atomic E-state index is 13.5. The number of benzene rings is 1. The van der Waals surface area contributed by atoms with Gasteiger partial charge < -0.3 is 5.32 Å². The summed E-state index contributed by atoms with van der Waals surface area (Å²) in [5.74, 6) is 0.0587. The van der Waals surface area contributed by atoms with Crippen molar-refractivity contribution in [2.45, 2.75) is 32.7 Å². The van der Waals surface area contributed by atoms with Gasteiger partial charge in [0.2, 0.25) is 0 Å². The lowest BCUT2D eigenvalue weighted by atomic mass is 9.91. The minimum Gasteiger partial charge on any atom is -0.342 e. The minimum absolute atomic E-state index is 0.0878. The Hall–Kier alpha value is -2.53. The topological polar surface area (TPSA) is 54.4 Å². The fraction of sp³-hybridized carbons (Fsp3) is 0.250. The normalized spacial score (nSPS) is 16.9. The Kier molecular flexibility index (Phi) is 5.47. The molecule has 6 heteroatoms. The van der Waals surface area contributed by atoms with Crippen molar-refractivity contribution < 1.29 is 9.18 Å². The molecular weight excluding hydrogens is 353 g/mol. The van der Waals surface area contributed by atoms with Crippen LogP contribution < -0.4 is 5.32 Å². The summed E-state index contributed by atoms with van der Waals surface area (Å²) < 4.78 is 13.5. The number of pyridine rings is 1. The van der Waals surface area contributed by atoms with Crippen molar-refractivity contribution >= 4 is 23.2 Å². The number of nitrogens with one attached hydrogen (secondary N) is 1. The van der Waals surface area contributed by atoms with Crippen LogP contribution in [0.4, 0.5) is 4.39 Å². The van der Waals surface area contributed by atoms with Crippen LogP contribution in [0.15, 0.2) is 58.9 Å². The molecule has 0 aliphatic carbocycles. The van der Waals surface area contributed by atoms with Crippen molar-refractivity contribution in [1.82, 2.24) is 10.3 Å². The molecule has 1 aromatic heterocycles. The van der Waals surface area contributed by atoms with E-state index in [4.69, 9.17) is 16.6 Å². The Morgan fingerprint density at radius 2 is 2.12 bits per heavy atom. The second kappa shape index (κ2) is 7.79. The maximum absolute atomic E-state index is 13.5. The van der Waals surface area contributed by atoms with Crippen LogP contribution in [0.1, 0.15) is 44.0 Å². The molecule has 0 radical (unpaired) electrons. The number of hydrogen-bond donors (Lipinski definition) is 1. The molecule has 1 N–H and O–H groups in total. The van der Waals surface area contributed by atoms with E-state index in [0.717, 1.165) is 12.1 Å². The number of ketones is 1. The van der Waals surface area contributed by atoms with Gasteiger partial charge in [-0.1, -0.05) is 37.1 Å². The molecule has 0 amide bonds. The van der Waals surface area contributed by atoms with Crippen LogP contribution in [-0.4, -0.2) is 16.6 Å². The van der Waals surface area contributed by atoms with E-state index in [1.54, 1.807) is 12.3 Å². The van der Waals surface area contributed by atoms with Gasteiger partial charge in [0.05, 0.1) is 0 Å². The fourth-order valence-corrected chi connectivity index (χ4v) is 3.31. The number of aromatic nitrogens is 1. The molecule has 134 valence electrons. The molecule has 1 aliphatic rings. The van der Waals surface area contributed by atoms with E-state index in [9.17, 15) is 9.18 Å². The van der Waals surface area contributed by atoms with Gasteiger partial charge in [0, 0.05) is 28.1 Å². The van der Waals surface area contributed by atoms with Crippen molar-refractivity contribution in [2.75, 3.05) is 0 Å². The number of carbonyl (C=O) groups is 1. The summed E-state index contributed by atoms with van der Waals surface area (Å²) in [4.78, 5) is 21.4. The van der Waals surface area contributed by atoms with Gasteiger partial charge in [-0.05, 0) is 37.6 Å². The van der Waals surface area contributed by atoms with Gasteiger partial charge in [0.1, 0.15) is 17.6 Å². The quantitative estimate of drug-likeness (QED) is 0.835. The summed E-state index contributed by atoms with van der Waals surface area (Å²) in [6.45, 7) is 3.55. The van der Waals surface area contributed by atoms with Crippen LogP contribution in [0.25, 0.3) is 0 Å². The van der Waals surface area contributed by atoms with E-state index in [2.05, 4.69) is 10.3 Å². The van der Waals surface area contributed by atoms with E-state index in [1.165, 1.54) is 19.1 Å². The number of carbonyl (C=O) groups excluding carboxylic acids is 1. The predicted molar refractivity (Wildman–Crippen MR) is 101 cm³/mol. The van der Waals surface area contributed by atoms with Gasteiger partial charge >= 0.3 is 0 Å². The summed E-state index contributed by atoms with van der Waals surface area (Å²) >= 11 is 6.27. The van der Waals surface area contributed by atoms with Crippen molar-refractivity contribution in [3.05, 3.63) is 76.0 Å². The van der Waals surface area contributed by atoms with Crippen LogP contribution >= 0.6 is 11.6 Å². The minimum atomic E-state index is -0.597. The average Bonchev–Trinajstić information content (AvgIpc) is 2.62. The van der Waals surface area contributed by atoms with Crippen LogP contribution in [0, 0.1) is 5.82 Å². The number of rotatable bonds is 5. The van der Waals surface area contributed by atoms with Crippen molar-refractivity contribution in [2.24, 2.45) is 4.99 Å². The molecular formula is C20H19ClFN3O.